The van der Waals surface area contributed by atoms with Gasteiger partial charge in [-0.1, -0.05) is 108 Å². The zero-order chi connectivity index (χ0) is 20.8. The minimum Gasteiger partial charge on any atom is -0.0622 e. The van der Waals surface area contributed by atoms with Crippen molar-refractivity contribution in [3.05, 3.63) is 94.5 Å². The van der Waals surface area contributed by atoms with Gasteiger partial charge in [-0.3, -0.25) is 0 Å². The molecule has 0 spiro atoms. The Morgan fingerprint density at radius 2 is 1.21 bits per heavy atom. The Morgan fingerprint density at radius 1 is 0.586 bits per heavy atom. The summed E-state index contributed by atoms with van der Waals surface area (Å²) in [6, 6.07) is 24.8. The maximum atomic E-state index is 2.41. The Kier molecular flexibility index (Phi) is 4.77. The molecular weight excluding hydrogens is 348 g/mol. The fourth-order valence-electron chi connectivity index (χ4n) is 4.01. The zero-order valence-electron chi connectivity index (χ0n) is 18.6. The molecule has 0 atom stereocenters. The summed E-state index contributed by atoms with van der Waals surface area (Å²) in [7, 11) is 0. The Balaban J connectivity index is 1.76. The van der Waals surface area contributed by atoms with E-state index in [1.165, 1.54) is 44.5 Å². The van der Waals surface area contributed by atoms with Crippen LogP contribution in [0.1, 0.15) is 69.4 Å². The molecule has 0 saturated heterocycles. The van der Waals surface area contributed by atoms with Crippen molar-refractivity contribution in [3.63, 3.8) is 0 Å². The molecule has 0 aliphatic heterocycles. The smallest absolute Gasteiger partial charge is 0.00137 e. The Labute approximate surface area is 176 Å². The van der Waals surface area contributed by atoms with Crippen LogP contribution in [0.15, 0.2) is 66.7 Å². The van der Waals surface area contributed by atoms with Crippen LogP contribution in [0, 0.1) is 0 Å². The van der Waals surface area contributed by atoms with E-state index in [-0.39, 0.29) is 10.8 Å². The minimum absolute atomic E-state index is 0.141. The van der Waals surface area contributed by atoms with Crippen LogP contribution >= 0.6 is 0 Å². The predicted octanol–water partition coefficient (Wildman–Crippen LogP) is 8.05. The van der Waals surface area contributed by atoms with Crippen molar-refractivity contribution in [1.82, 2.24) is 0 Å². The summed E-state index contributed by atoms with van der Waals surface area (Å²) in [6.45, 7) is 13.8. The van der Waals surface area contributed by atoms with E-state index in [1.54, 1.807) is 0 Å². The number of hydrogen-bond acceptors (Lipinski definition) is 0. The van der Waals surface area contributed by atoms with Gasteiger partial charge in [0.25, 0.3) is 0 Å². The average molecular weight is 381 g/mol. The molecule has 1 aliphatic rings. The molecule has 0 nitrogen and oxygen atoms in total. The lowest BCUT2D eigenvalue weighted by Crippen LogP contribution is -2.17. The van der Waals surface area contributed by atoms with Crippen LogP contribution in [0.25, 0.3) is 22.8 Å². The van der Waals surface area contributed by atoms with E-state index >= 15 is 0 Å². The standard InChI is InChI=1S/C29H32/c1-28(2,3)26-17-25(18-27(19-26)29(4,5)6)24-15-22-13-12-21(14-23(22)16-24)20-10-8-7-9-11-20/h7-14,16-19H,15H2,1-6H3. The lowest BCUT2D eigenvalue weighted by atomic mass is 9.78. The lowest BCUT2D eigenvalue weighted by Gasteiger charge is -2.26. The molecular formula is C29H32. The Bertz CT molecular complexity index is 1040. The summed E-state index contributed by atoms with van der Waals surface area (Å²) in [5.74, 6) is 0. The van der Waals surface area contributed by atoms with E-state index in [0.29, 0.717) is 0 Å². The SMILES string of the molecule is CC(C)(C)c1cc(C2=Cc3cc(-c4ccccc4)ccc3C2)cc(C(C)(C)C)c1. The molecule has 0 aromatic heterocycles. The number of hydrogen-bond donors (Lipinski definition) is 0. The number of rotatable bonds is 2. The molecule has 0 saturated carbocycles. The molecule has 0 bridgehead atoms. The normalized spacial score (nSPS) is 13.9. The van der Waals surface area contributed by atoms with Crippen LogP contribution in [-0.4, -0.2) is 0 Å². The molecule has 0 radical (unpaired) electrons. The summed E-state index contributed by atoms with van der Waals surface area (Å²) in [4.78, 5) is 0. The maximum absolute atomic E-state index is 2.41. The largest absolute Gasteiger partial charge is 0.0622 e. The molecule has 0 heterocycles. The first kappa shape index (κ1) is 19.7. The van der Waals surface area contributed by atoms with Crippen molar-refractivity contribution >= 4 is 11.6 Å². The molecule has 0 fully saturated rings. The van der Waals surface area contributed by atoms with E-state index in [2.05, 4.69) is 114 Å². The number of fused-ring (bicyclic) bond motifs is 1. The maximum Gasteiger partial charge on any atom is -0.00137 e. The van der Waals surface area contributed by atoms with Crippen molar-refractivity contribution in [3.8, 4) is 11.1 Å². The van der Waals surface area contributed by atoms with Crippen molar-refractivity contribution in [1.29, 1.82) is 0 Å². The van der Waals surface area contributed by atoms with Crippen LogP contribution in [0.5, 0.6) is 0 Å². The molecule has 3 aromatic carbocycles. The first-order valence-corrected chi connectivity index (χ1v) is 10.7. The van der Waals surface area contributed by atoms with Crippen molar-refractivity contribution < 1.29 is 0 Å². The van der Waals surface area contributed by atoms with Gasteiger partial charge in [0, 0.05) is 0 Å². The highest BCUT2D eigenvalue weighted by molar-refractivity contribution is 5.90. The van der Waals surface area contributed by atoms with E-state index in [0.717, 1.165) is 6.42 Å². The molecule has 3 aromatic rings. The molecule has 0 heteroatoms. The molecule has 29 heavy (non-hydrogen) atoms. The number of allylic oxidation sites excluding steroid dienone is 1. The van der Waals surface area contributed by atoms with Gasteiger partial charge >= 0.3 is 0 Å². The highest BCUT2D eigenvalue weighted by Gasteiger charge is 2.23. The summed E-state index contributed by atoms with van der Waals surface area (Å²) in [5.41, 5.74) is 11.3. The quantitative estimate of drug-likeness (QED) is 0.422. The van der Waals surface area contributed by atoms with Crippen LogP contribution < -0.4 is 0 Å². The first-order valence-electron chi connectivity index (χ1n) is 10.7. The highest BCUT2D eigenvalue weighted by atomic mass is 14.3. The van der Waals surface area contributed by atoms with E-state index in [1.807, 2.05) is 0 Å². The average Bonchev–Trinajstić information content (AvgIpc) is 3.10. The monoisotopic (exact) mass is 380 g/mol. The fourth-order valence-corrected chi connectivity index (χ4v) is 4.01. The summed E-state index contributed by atoms with van der Waals surface area (Å²) in [5, 5.41) is 0. The molecule has 0 N–H and O–H groups in total. The molecule has 1 aliphatic carbocycles. The minimum atomic E-state index is 0.141. The van der Waals surface area contributed by atoms with E-state index < -0.39 is 0 Å². The topological polar surface area (TPSA) is 0 Å². The van der Waals surface area contributed by atoms with Crippen LogP contribution in [0.2, 0.25) is 0 Å². The second-order valence-corrected chi connectivity index (χ2v) is 10.4. The Hall–Kier alpha value is -2.60. The van der Waals surface area contributed by atoms with Crippen LogP contribution in [0.4, 0.5) is 0 Å². The van der Waals surface area contributed by atoms with Gasteiger partial charge in [-0.25, -0.2) is 0 Å². The van der Waals surface area contributed by atoms with Crippen molar-refractivity contribution in [2.24, 2.45) is 0 Å². The third-order valence-corrected chi connectivity index (χ3v) is 6.00. The van der Waals surface area contributed by atoms with Gasteiger partial charge in [0.05, 0.1) is 0 Å². The van der Waals surface area contributed by atoms with Gasteiger partial charge in [-0.05, 0) is 67.8 Å². The van der Waals surface area contributed by atoms with Crippen molar-refractivity contribution in [2.75, 3.05) is 0 Å². The second-order valence-electron chi connectivity index (χ2n) is 10.4. The van der Waals surface area contributed by atoms with Crippen molar-refractivity contribution in [2.45, 2.75) is 58.8 Å². The zero-order valence-corrected chi connectivity index (χ0v) is 18.6. The fraction of sp³-hybridized carbons (Fsp3) is 0.310. The van der Waals surface area contributed by atoms with E-state index in [9.17, 15) is 0 Å². The molecule has 0 amide bonds. The predicted molar refractivity (Wildman–Crippen MR) is 127 cm³/mol. The van der Waals surface area contributed by atoms with Crippen LogP contribution in [-0.2, 0) is 17.3 Å². The third kappa shape index (κ3) is 4.08. The second kappa shape index (κ2) is 7.02. The van der Waals surface area contributed by atoms with Gasteiger partial charge in [-0.2, -0.15) is 0 Å². The lowest BCUT2D eigenvalue weighted by molar-refractivity contribution is 0.568. The highest BCUT2D eigenvalue weighted by Crippen LogP contribution is 2.38. The van der Waals surface area contributed by atoms with Gasteiger partial charge in [0.2, 0.25) is 0 Å². The van der Waals surface area contributed by atoms with Gasteiger partial charge in [0.1, 0.15) is 0 Å². The first-order chi connectivity index (χ1) is 13.6. The molecule has 0 unspecified atom stereocenters. The summed E-state index contributed by atoms with van der Waals surface area (Å²) in [6.07, 6.45) is 3.41. The van der Waals surface area contributed by atoms with Crippen LogP contribution in [0.3, 0.4) is 0 Å². The molecule has 148 valence electrons. The van der Waals surface area contributed by atoms with Gasteiger partial charge in [0.15, 0.2) is 0 Å². The third-order valence-electron chi connectivity index (χ3n) is 6.00. The number of benzene rings is 3. The summed E-state index contributed by atoms with van der Waals surface area (Å²) >= 11 is 0. The van der Waals surface area contributed by atoms with Gasteiger partial charge < -0.3 is 0 Å². The molecule has 4 rings (SSSR count). The summed E-state index contributed by atoms with van der Waals surface area (Å²) < 4.78 is 0. The Morgan fingerprint density at radius 3 is 1.79 bits per heavy atom. The van der Waals surface area contributed by atoms with E-state index in [4.69, 9.17) is 0 Å². The van der Waals surface area contributed by atoms with Gasteiger partial charge in [-0.15, -0.1) is 0 Å².